The molecule has 0 aliphatic rings. The van der Waals surface area contributed by atoms with Crippen LogP contribution in [0.15, 0.2) is 84.9 Å². The van der Waals surface area contributed by atoms with E-state index in [0.29, 0.717) is 0 Å². The minimum Gasteiger partial charge on any atom is -0.497 e. The SMILES string of the molecule is COc1ccc(-c2nc(-c3ccccc3)c(Cc3ccccc3)n2OC)cc1. The highest BCUT2D eigenvalue weighted by Crippen LogP contribution is 2.31. The van der Waals surface area contributed by atoms with Crippen LogP contribution in [0.25, 0.3) is 22.6 Å². The Balaban J connectivity index is 1.87. The van der Waals surface area contributed by atoms with E-state index in [1.807, 2.05) is 53.3 Å². The number of aromatic nitrogens is 2. The molecule has 0 atom stereocenters. The summed E-state index contributed by atoms with van der Waals surface area (Å²) in [6.07, 6.45) is 0.724. The molecule has 3 aromatic carbocycles. The molecule has 0 radical (unpaired) electrons. The van der Waals surface area contributed by atoms with Crippen LogP contribution in [0.2, 0.25) is 0 Å². The second kappa shape index (κ2) is 8.01. The second-order valence-corrected chi connectivity index (χ2v) is 6.46. The molecule has 1 heterocycles. The van der Waals surface area contributed by atoms with Crippen LogP contribution in [0.1, 0.15) is 11.3 Å². The maximum Gasteiger partial charge on any atom is 0.176 e. The number of methoxy groups -OCH3 is 1. The molecular formula is C24H22N2O2. The second-order valence-electron chi connectivity index (χ2n) is 6.46. The third-order valence-electron chi connectivity index (χ3n) is 4.72. The van der Waals surface area contributed by atoms with Gasteiger partial charge in [0.1, 0.15) is 12.9 Å². The van der Waals surface area contributed by atoms with Crippen LogP contribution in [0.5, 0.6) is 5.75 Å². The van der Waals surface area contributed by atoms with Crippen molar-refractivity contribution in [3.8, 4) is 28.4 Å². The zero-order valence-electron chi connectivity index (χ0n) is 16.0. The van der Waals surface area contributed by atoms with E-state index in [1.165, 1.54) is 5.56 Å². The van der Waals surface area contributed by atoms with Gasteiger partial charge in [0.05, 0.1) is 18.5 Å². The van der Waals surface area contributed by atoms with E-state index >= 15 is 0 Å². The largest absolute Gasteiger partial charge is 0.497 e. The fraction of sp³-hybridized carbons (Fsp3) is 0.125. The summed E-state index contributed by atoms with van der Waals surface area (Å²) in [6.45, 7) is 0. The molecule has 0 aliphatic heterocycles. The fourth-order valence-corrected chi connectivity index (χ4v) is 3.33. The molecule has 0 aliphatic carbocycles. The van der Waals surface area contributed by atoms with Gasteiger partial charge in [0.15, 0.2) is 5.82 Å². The lowest BCUT2D eigenvalue weighted by molar-refractivity contribution is 0.164. The number of benzene rings is 3. The van der Waals surface area contributed by atoms with Crippen molar-refractivity contribution in [3.63, 3.8) is 0 Å². The molecule has 0 fully saturated rings. The van der Waals surface area contributed by atoms with E-state index in [4.69, 9.17) is 14.6 Å². The molecule has 0 N–H and O–H groups in total. The minimum atomic E-state index is 0.724. The van der Waals surface area contributed by atoms with Crippen molar-refractivity contribution in [1.82, 2.24) is 9.71 Å². The lowest BCUT2D eigenvalue weighted by Gasteiger charge is -2.11. The van der Waals surface area contributed by atoms with E-state index in [2.05, 4.69) is 36.4 Å². The molecule has 28 heavy (non-hydrogen) atoms. The Bertz CT molecular complexity index is 1040. The van der Waals surface area contributed by atoms with Crippen molar-refractivity contribution in [2.24, 2.45) is 0 Å². The Kier molecular flexibility index (Phi) is 5.11. The van der Waals surface area contributed by atoms with Crippen molar-refractivity contribution in [2.75, 3.05) is 14.2 Å². The van der Waals surface area contributed by atoms with E-state index in [1.54, 1.807) is 14.2 Å². The topological polar surface area (TPSA) is 36.3 Å². The van der Waals surface area contributed by atoms with Crippen LogP contribution < -0.4 is 9.57 Å². The molecular weight excluding hydrogens is 348 g/mol. The molecule has 0 amide bonds. The number of hydrogen-bond acceptors (Lipinski definition) is 3. The van der Waals surface area contributed by atoms with Gasteiger partial charge >= 0.3 is 0 Å². The Labute approximate surface area is 165 Å². The van der Waals surface area contributed by atoms with Gasteiger partial charge in [-0.2, -0.15) is 4.73 Å². The van der Waals surface area contributed by atoms with E-state index in [0.717, 1.165) is 40.5 Å². The molecule has 1 aromatic heterocycles. The fourth-order valence-electron chi connectivity index (χ4n) is 3.33. The summed E-state index contributed by atoms with van der Waals surface area (Å²) in [6, 6.07) is 28.5. The maximum absolute atomic E-state index is 5.78. The molecule has 4 aromatic rings. The summed E-state index contributed by atoms with van der Waals surface area (Å²) in [7, 11) is 3.34. The van der Waals surface area contributed by atoms with Crippen LogP contribution in [0.3, 0.4) is 0 Å². The lowest BCUT2D eigenvalue weighted by atomic mass is 10.0. The minimum absolute atomic E-state index is 0.724. The summed E-state index contributed by atoms with van der Waals surface area (Å²) < 4.78 is 7.11. The molecule has 4 nitrogen and oxygen atoms in total. The number of ether oxygens (including phenoxy) is 1. The Morgan fingerprint density at radius 2 is 1.39 bits per heavy atom. The lowest BCUT2D eigenvalue weighted by Crippen LogP contribution is -2.12. The zero-order chi connectivity index (χ0) is 19.3. The normalized spacial score (nSPS) is 10.6. The number of nitrogens with zero attached hydrogens (tertiary/aromatic N) is 2. The standard InChI is InChI=1S/C24H22N2O2/c1-27-21-15-13-20(14-16-21)24-25-23(19-11-7-4-8-12-19)22(26(24)28-2)17-18-9-5-3-6-10-18/h3-16H,17H2,1-2H3. The first-order chi connectivity index (χ1) is 13.8. The first kappa shape index (κ1) is 17.9. The van der Waals surface area contributed by atoms with Gasteiger partial charge in [-0.05, 0) is 29.8 Å². The van der Waals surface area contributed by atoms with E-state index in [-0.39, 0.29) is 0 Å². The first-order valence-corrected chi connectivity index (χ1v) is 9.20. The summed E-state index contributed by atoms with van der Waals surface area (Å²) in [5.41, 5.74) is 5.19. The summed E-state index contributed by atoms with van der Waals surface area (Å²) in [5, 5.41) is 0. The Hall–Kier alpha value is -3.53. The van der Waals surface area contributed by atoms with Crippen molar-refractivity contribution in [3.05, 3.63) is 96.2 Å². The average molecular weight is 370 g/mol. The van der Waals surface area contributed by atoms with Gasteiger partial charge in [-0.25, -0.2) is 4.98 Å². The van der Waals surface area contributed by atoms with Gasteiger partial charge in [0.2, 0.25) is 0 Å². The predicted octanol–water partition coefficient (Wildman–Crippen LogP) is 4.87. The third-order valence-corrected chi connectivity index (χ3v) is 4.72. The van der Waals surface area contributed by atoms with Crippen LogP contribution >= 0.6 is 0 Å². The van der Waals surface area contributed by atoms with Crippen molar-refractivity contribution < 1.29 is 9.57 Å². The third kappa shape index (κ3) is 3.49. The van der Waals surface area contributed by atoms with Crippen molar-refractivity contribution in [1.29, 1.82) is 0 Å². The first-order valence-electron chi connectivity index (χ1n) is 9.20. The van der Waals surface area contributed by atoms with Gasteiger partial charge < -0.3 is 9.57 Å². The number of imidazole rings is 1. The monoisotopic (exact) mass is 370 g/mol. The molecule has 140 valence electrons. The molecule has 4 heteroatoms. The van der Waals surface area contributed by atoms with Gasteiger partial charge in [-0.15, -0.1) is 0 Å². The van der Waals surface area contributed by atoms with Crippen molar-refractivity contribution in [2.45, 2.75) is 6.42 Å². The Morgan fingerprint density at radius 3 is 2.00 bits per heavy atom. The smallest absolute Gasteiger partial charge is 0.176 e. The van der Waals surface area contributed by atoms with Crippen molar-refractivity contribution >= 4 is 0 Å². The molecule has 0 bridgehead atoms. The highest BCUT2D eigenvalue weighted by atomic mass is 16.6. The number of rotatable bonds is 6. The molecule has 0 saturated carbocycles. The highest BCUT2D eigenvalue weighted by Gasteiger charge is 2.20. The average Bonchev–Trinajstić information content (AvgIpc) is 3.13. The van der Waals surface area contributed by atoms with Gasteiger partial charge in [0.25, 0.3) is 0 Å². The Morgan fingerprint density at radius 1 is 0.750 bits per heavy atom. The van der Waals surface area contributed by atoms with Crippen LogP contribution in [-0.2, 0) is 6.42 Å². The van der Waals surface area contributed by atoms with E-state index in [9.17, 15) is 0 Å². The predicted molar refractivity (Wildman–Crippen MR) is 111 cm³/mol. The molecule has 0 unspecified atom stereocenters. The quantitative estimate of drug-likeness (QED) is 0.486. The maximum atomic E-state index is 5.78. The summed E-state index contributed by atoms with van der Waals surface area (Å²) in [5.74, 6) is 1.59. The summed E-state index contributed by atoms with van der Waals surface area (Å²) in [4.78, 5) is 10.8. The van der Waals surface area contributed by atoms with Gasteiger partial charge in [-0.1, -0.05) is 60.7 Å². The van der Waals surface area contributed by atoms with Crippen LogP contribution in [0, 0.1) is 0 Å². The van der Waals surface area contributed by atoms with Gasteiger partial charge in [0, 0.05) is 17.5 Å². The molecule has 0 saturated heterocycles. The molecule has 4 rings (SSSR count). The van der Waals surface area contributed by atoms with E-state index < -0.39 is 0 Å². The highest BCUT2D eigenvalue weighted by molar-refractivity contribution is 5.68. The zero-order valence-corrected chi connectivity index (χ0v) is 16.0. The summed E-state index contributed by atoms with van der Waals surface area (Å²) >= 11 is 0. The number of hydrogen-bond donors (Lipinski definition) is 0. The van der Waals surface area contributed by atoms with Gasteiger partial charge in [-0.3, -0.25) is 0 Å². The molecule has 0 spiro atoms. The van der Waals surface area contributed by atoms with Crippen LogP contribution in [-0.4, -0.2) is 23.9 Å². The van der Waals surface area contributed by atoms with Crippen LogP contribution in [0.4, 0.5) is 0 Å².